The van der Waals surface area contributed by atoms with Crippen LogP contribution in [0.1, 0.15) is 23.5 Å². The third-order valence-electron chi connectivity index (χ3n) is 4.98. The molecule has 0 bridgehead atoms. The Morgan fingerprint density at radius 1 is 1.35 bits per heavy atom. The Morgan fingerprint density at radius 2 is 2.15 bits per heavy atom. The Labute approximate surface area is 194 Å². The first kappa shape index (κ1) is 22.0. The number of aromatic amines is 1. The zero-order valence-electron chi connectivity index (χ0n) is 17.8. The first-order valence-corrected chi connectivity index (χ1v) is 10.9. The highest BCUT2D eigenvalue weighted by Gasteiger charge is 2.46. The minimum Gasteiger partial charge on any atom is -0.423 e. The van der Waals surface area contributed by atoms with Crippen molar-refractivity contribution in [2.24, 2.45) is 0 Å². The third-order valence-corrected chi connectivity index (χ3v) is 6.12. The van der Waals surface area contributed by atoms with E-state index in [1.165, 1.54) is 28.0 Å². The molecule has 10 nitrogen and oxygen atoms in total. The number of H-pyrrole nitrogens is 1. The second-order valence-corrected chi connectivity index (χ2v) is 9.43. The van der Waals surface area contributed by atoms with Crippen molar-refractivity contribution >= 4 is 45.8 Å². The average Bonchev–Trinajstić information content (AvgIpc) is 3.47. The Hall–Kier alpha value is -3.84. The van der Waals surface area contributed by atoms with Crippen LogP contribution in [0.5, 0.6) is 5.75 Å². The number of ether oxygens (including phenoxy) is 1. The fraction of sp³-hybridized carbons (Fsp3) is 0.238. The number of alkyl halides is 2. The minimum absolute atomic E-state index is 0.00857. The first-order chi connectivity index (χ1) is 16.0. The Balaban J connectivity index is 1.53. The van der Waals surface area contributed by atoms with Gasteiger partial charge >= 0.3 is 12.0 Å². The molecule has 13 heteroatoms. The van der Waals surface area contributed by atoms with E-state index in [4.69, 9.17) is 0 Å². The number of thiophene rings is 1. The van der Waals surface area contributed by atoms with E-state index in [9.17, 15) is 23.5 Å². The van der Waals surface area contributed by atoms with Gasteiger partial charge in [-0.25, -0.2) is 4.98 Å². The van der Waals surface area contributed by atoms with E-state index >= 15 is 0 Å². The molecule has 1 aliphatic rings. The lowest BCUT2D eigenvalue weighted by Gasteiger charge is -2.25. The molecule has 4 N–H and O–H groups in total. The number of nitrogens with one attached hydrogen (secondary N) is 3. The summed E-state index contributed by atoms with van der Waals surface area (Å²) in [6.07, 6.45) is -0.671. The van der Waals surface area contributed by atoms with E-state index in [0.717, 1.165) is 10.4 Å². The van der Waals surface area contributed by atoms with E-state index in [2.05, 4.69) is 30.6 Å². The van der Waals surface area contributed by atoms with Crippen LogP contribution in [0.25, 0.3) is 21.5 Å². The summed E-state index contributed by atoms with van der Waals surface area (Å²) < 4.78 is 33.6. The largest absolute Gasteiger partial charge is 0.482 e. The highest BCUT2D eigenvalue weighted by molar-refractivity contribution is 7.17. The second kappa shape index (κ2) is 7.60. The standard InChI is InChI=1S/C21H18F2N6O4S/c1-20(2,32)9-29-13-6-14-12(26-18(31)21(22,23)33-14)5-11(13)27-19(29)28-17(30)16-4-3-15(34-16)10-7-24-25-8-10/h3-8,32H,9H2,1-2H3,(H,24,25)(H,26,31)(H,27,28,30). The maximum Gasteiger partial charge on any atom is 0.482 e. The maximum absolute atomic E-state index is 13.8. The number of carbonyl (C=O) groups is 2. The van der Waals surface area contributed by atoms with E-state index < -0.39 is 23.5 Å². The minimum atomic E-state index is -4.02. The van der Waals surface area contributed by atoms with Gasteiger partial charge in [0, 0.05) is 22.7 Å². The number of carbonyl (C=O) groups excluding carboxylic acids is 2. The van der Waals surface area contributed by atoms with Crippen molar-refractivity contribution in [1.29, 1.82) is 0 Å². The lowest BCUT2D eigenvalue weighted by molar-refractivity contribution is -0.189. The molecule has 1 aromatic carbocycles. The zero-order chi connectivity index (χ0) is 24.3. The average molecular weight is 488 g/mol. The van der Waals surface area contributed by atoms with Crippen LogP contribution in [0.15, 0.2) is 36.7 Å². The Kier molecular flexibility index (Phi) is 4.91. The van der Waals surface area contributed by atoms with Crippen molar-refractivity contribution in [3.05, 3.63) is 41.5 Å². The summed E-state index contributed by atoms with van der Waals surface area (Å²) in [5, 5.41) is 21.8. The van der Waals surface area contributed by atoms with Gasteiger partial charge in [0.05, 0.1) is 39.9 Å². The van der Waals surface area contributed by atoms with E-state index in [1.54, 1.807) is 38.4 Å². The predicted octanol–water partition coefficient (Wildman–Crippen LogP) is 3.43. The second-order valence-electron chi connectivity index (χ2n) is 8.35. The molecular weight excluding hydrogens is 470 g/mol. The summed E-state index contributed by atoms with van der Waals surface area (Å²) in [7, 11) is 0. The van der Waals surface area contributed by atoms with Crippen molar-refractivity contribution < 1.29 is 28.2 Å². The molecule has 0 spiro atoms. The molecule has 0 fully saturated rings. The molecule has 0 unspecified atom stereocenters. The number of fused-ring (bicyclic) bond motifs is 2. The number of hydrogen-bond donors (Lipinski definition) is 4. The van der Waals surface area contributed by atoms with Gasteiger partial charge in [0.15, 0.2) is 5.75 Å². The lowest BCUT2D eigenvalue weighted by atomic mass is 10.1. The molecule has 4 heterocycles. The summed E-state index contributed by atoms with van der Waals surface area (Å²) in [6, 6.07) is 6.11. The molecule has 0 atom stereocenters. The smallest absolute Gasteiger partial charge is 0.423 e. The van der Waals surface area contributed by atoms with Crippen molar-refractivity contribution in [1.82, 2.24) is 19.7 Å². The molecule has 0 radical (unpaired) electrons. The fourth-order valence-corrected chi connectivity index (χ4v) is 4.40. The van der Waals surface area contributed by atoms with Crippen LogP contribution in [0.2, 0.25) is 0 Å². The third kappa shape index (κ3) is 3.99. The fourth-order valence-electron chi connectivity index (χ4n) is 3.52. The van der Waals surface area contributed by atoms with Crippen LogP contribution in [0.3, 0.4) is 0 Å². The topological polar surface area (TPSA) is 134 Å². The van der Waals surface area contributed by atoms with Gasteiger partial charge in [0.1, 0.15) is 0 Å². The van der Waals surface area contributed by atoms with Gasteiger partial charge < -0.3 is 19.7 Å². The Morgan fingerprint density at radius 3 is 2.85 bits per heavy atom. The normalized spacial score (nSPS) is 15.0. The quantitative estimate of drug-likeness (QED) is 0.340. The lowest BCUT2D eigenvalue weighted by Crippen LogP contribution is -2.43. The number of halogens is 2. The molecule has 4 aromatic rings. The van der Waals surface area contributed by atoms with Gasteiger partial charge in [-0.2, -0.15) is 13.9 Å². The zero-order valence-corrected chi connectivity index (χ0v) is 18.7. The Bertz CT molecular complexity index is 1420. The molecule has 0 aliphatic carbocycles. The van der Waals surface area contributed by atoms with E-state index in [1.807, 2.05) is 0 Å². The molecule has 3 aromatic heterocycles. The molecule has 34 heavy (non-hydrogen) atoms. The van der Waals surface area contributed by atoms with Crippen LogP contribution >= 0.6 is 11.3 Å². The van der Waals surface area contributed by atoms with Crippen LogP contribution in [0, 0.1) is 0 Å². The molecule has 0 saturated carbocycles. The van der Waals surface area contributed by atoms with Gasteiger partial charge in [-0.1, -0.05) is 0 Å². The summed E-state index contributed by atoms with van der Waals surface area (Å²) in [5.41, 5.74) is 0.269. The van der Waals surface area contributed by atoms with Crippen molar-refractivity contribution in [3.8, 4) is 16.2 Å². The summed E-state index contributed by atoms with van der Waals surface area (Å²) in [4.78, 5) is 30.2. The highest BCUT2D eigenvalue weighted by Crippen LogP contribution is 2.39. The van der Waals surface area contributed by atoms with E-state index in [-0.39, 0.29) is 23.9 Å². The summed E-state index contributed by atoms with van der Waals surface area (Å²) in [6.45, 7) is 3.11. The number of anilines is 2. The molecular formula is C21H18F2N6O4S. The summed E-state index contributed by atoms with van der Waals surface area (Å²) >= 11 is 1.25. The number of aromatic nitrogens is 4. The van der Waals surface area contributed by atoms with Gasteiger partial charge in [-0.3, -0.25) is 20.0 Å². The number of aliphatic hydroxyl groups is 1. The summed E-state index contributed by atoms with van der Waals surface area (Å²) in [5.74, 6) is -2.18. The number of imidazole rings is 1. The predicted molar refractivity (Wildman–Crippen MR) is 120 cm³/mol. The van der Waals surface area contributed by atoms with Crippen LogP contribution < -0.4 is 15.4 Å². The number of rotatable bonds is 5. The van der Waals surface area contributed by atoms with Gasteiger partial charge in [0.2, 0.25) is 5.95 Å². The number of benzene rings is 1. The highest BCUT2D eigenvalue weighted by atomic mass is 32.1. The van der Waals surface area contributed by atoms with Gasteiger partial charge in [0.25, 0.3) is 5.91 Å². The molecule has 5 rings (SSSR count). The molecule has 0 saturated heterocycles. The van der Waals surface area contributed by atoms with Crippen LogP contribution in [-0.2, 0) is 11.3 Å². The monoisotopic (exact) mass is 488 g/mol. The van der Waals surface area contributed by atoms with Crippen molar-refractivity contribution in [3.63, 3.8) is 0 Å². The number of amides is 2. The maximum atomic E-state index is 13.8. The SMILES string of the molecule is CC(C)(O)Cn1c(NC(=O)c2ccc(-c3cn[nH]c3)s2)nc2cc3c(cc21)OC(F)(F)C(=O)N3. The molecule has 2 amide bonds. The first-order valence-electron chi connectivity index (χ1n) is 10.1. The molecule has 176 valence electrons. The van der Waals surface area contributed by atoms with Gasteiger partial charge in [-0.15, -0.1) is 11.3 Å². The van der Waals surface area contributed by atoms with Crippen LogP contribution in [-0.4, -0.2) is 48.4 Å². The van der Waals surface area contributed by atoms with E-state index in [0.29, 0.717) is 15.9 Å². The van der Waals surface area contributed by atoms with Crippen LogP contribution in [0.4, 0.5) is 20.4 Å². The number of nitrogens with zero attached hydrogens (tertiary/aromatic N) is 3. The number of hydrogen-bond acceptors (Lipinski definition) is 7. The van der Waals surface area contributed by atoms with Crippen molar-refractivity contribution in [2.75, 3.05) is 10.6 Å². The van der Waals surface area contributed by atoms with Crippen molar-refractivity contribution in [2.45, 2.75) is 32.1 Å². The van der Waals surface area contributed by atoms with Gasteiger partial charge in [-0.05, 0) is 32.0 Å². The molecule has 1 aliphatic heterocycles.